The smallest absolute Gasteiger partial charge is 0.259 e. The van der Waals surface area contributed by atoms with Gasteiger partial charge in [0.15, 0.2) is 0 Å². The summed E-state index contributed by atoms with van der Waals surface area (Å²) < 4.78 is 6.69. The predicted molar refractivity (Wildman–Crippen MR) is 94.1 cm³/mol. The van der Waals surface area contributed by atoms with Crippen molar-refractivity contribution in [2.45, 2.75) is 18.1 Å². The molecule has 0 bridgehead atoms. The molecule has 0 aliphatic rings. The van der Waals surface area contributed by atoms with Crippen LogP contribution in [0, 0.1) is 0 Å². The zero-order chi connectivity index (χ0) is 15.5. The zero-order valence-electron chi connectivity index (χ0n) is 13.2. The monoisotopic (exact) mass is 334 g/mol. The molecular weight excluding hydrogens is 319 g/mol. The zero-order valence-corrected chi connectivity index (χ0v) is 16.0. The van der Waals surface area contributed by atoms with E-state index in [1.54, 1.807) is 23.8 Å². The second kappa shape index (κ2) is 7.93. The summed E-state index contributed by atoms with van der Waals surface area (Å²) in [6.45, 7) is 0.516. The Kier molecular flexibility index (Phi) is 6.18. The number of hydrogen-bond acceptors (Lipinski definition) is 4. The summed E-state index contributed by atoms with van der Waals surface area (Å²) in [6, 6.07) is 15.1. The van der Waals surface area contributed by atoms with E-state index in [-0.39, 0.29) is 35.1 Å². The van der Waals surface area contributed by atoms with Crippen molar-refractivity contribution >= 4 is 53.1 Å². The number of aryl methyl sites for hydroxylation is 1. The molecule has 0 amide bonds. The molecule has 0 aliphatic heterocycles. The summed E-state index contributed by atoms with van der Waals surface area (Å²) in [7, 11) is 1.64. The first-order valence-electron chi connectivity index (χ1n) is 6.98. The summed E-state index contributed by atoms with van der Waals surface area (Å²) in [5, 5.41) is 0.933. The molecule has 0 saturated carbocycles. The van der Waals surface area contributed by atoms with E-state index in [0.29, 0.717) is 29.0 Å². The number of benzene rings is 2. The second-order valence-electron chi connectivity index (χ2n) is 4.97. The Hall–Kier alpha value is -1.40. The van der Waals surface area contributed by atoms with E-state index in [0.717, 1.165) is 11.3 Å². The number of rotatable bonds is 4. The Balaban J connectivity index is 0.00000192. The third-order valence-electron chi connectivity index (χ3n) is 3.61. The van der Waals surface area contributed by atoms with Crippen LogP contribution in [0.1, 0.15) is 5.56 Å². The van der Waals surface area contributed by atoms with E-state index >= 15 is 0 Å². The number of aromatic nitrogens is 2. The maximum absolute atomic E-state index is 12.5. The first-order valence-corrected chi connectivity index (χ1v) is 7.39. The van der Waals surface area contributed by atoms with Gasteiger partial charge in [-0.1, -0.05) is 24.3 Å². The first-order chi connectivity index (χ1) is 10.7. The van der Waals surface area contributed by atoms with Gasteiger partial charge in [-0.2, -0.15) is 0 Å². The summed E-state index contributed by atoms with van der Waals surface area (Å²) in [6.07, 6.45) is 0.716. The average molecular weight is 334 g/mol. The fourth-order valence-corrected chi connectivity index (χ4v) is 2.65. The molecule has 0 spiro atoms. The summed E-state index contributed by atoms with van der Waals surface area (Å²) >= 11 is 5.25. The molecule has 4 nitrogen and oxygen atoms in total. The summed E-state index contributed by atoms with van der Waals surface area (Å²) in [5.74, 6) is 0.817. The van der Waals surface area contributed by atoms with Crippen molar-refractivity contribution in [1.82, 2.24) is 9.55 Å². The van der Waals surface area contributed by atoms with E-state index < -0.39 is 0 Å². The molecule has 3 rings (SSSR count). The molecule has 2 aromatic carbocycles. The van der Waals surface area contributed by atoms with Gasteiger partial charge in [0.25, 0.3) is 5.56 Å². The number of para-hydroxylation sites is 1. The van der Waals surface area contributed by atoms with Crippen LogP contribution in [-0.4, -0.2) is 46.2 Å². The molecule has 3 aromatic rings. The number of hydrogen-bond donors (Lipinski definition) is 0. The molecule has 23 heavy (non-hydrogen) atoms. The quantitative estimate of drug-likeness (QED) is 0.417. The maximum Gasteiger partial charge on any atom is 0.259 e. The van der Waals surface area contributed by atoms with Crippen LogP contribution in [0.5, 0.6) is 5.75 Å². The number of fused-ring (bicyclic) bond motifs is 1. The molecule has 1 heterocycles. The van der Waals surface area contributed by atoms with Crippen LogP contribution in [-0.2, 0) is 25.6 Å². The van der Waals surface area contributed by atoms with Gasteiger partial charge in [-0.25, -0.2) is 0 Å². The number of nitrogens with zero attached hydrogens (tertiary/aromatic N) is 2. The minimum atomic E-state index is -0.0795. The Morgan fingerprint density at radius 1 is 1.13 bits per heavy atom. The van der Waals surface area contributed by atoms with Crippen LogP contribution >= 0.6 is 0 Å². The Labute approximate surface area is 162 Å². The third kappa shape index (κ3) is 3.93. The fourth-order valence-electron chi connectivity index (χ4n) is 2.38. The summed E-state index contributed by atoms with van der Waals surface area (Å²) in [4.78, 5) is 16.8. The number of ether oxygens (including phenoxy) is 1. The Morgan fingerprint density at radius 3 is 2.52 bits per heavy atom. The van der Waals surface area contributed by atoms with E-state index in [4.69, 9.17) is 17.4 Å². The van der Waals surface area contributed by atoms with Crippen LogP contribution in [0.3, 0.4) is 0 Å². The SMILES string of the molecule is COc1ccc(CCn2c([S-])nc3ccccc3c2=O)cc1.[Na]. The van der Waals surface area contributed by atoms with Gasteiger partial charge in [0.2, 0.25) is 0 Å². The van der Waals surface area contributed by atoms with Gasteiger partial charge in [0.1, 0.15) is 5.75 Å². The third-order valence-corrected chi connectivity index (χ3v) is 3.92. The molecule has 0 fully saturated rings. The molecule has 0 atom stereocenters. The minimum Gasteiger partial charge on any atom is -0.742 e. The minimum absolute atomic E-state index is 0. The van der Waals surface area contributed by atoms with E-state index in [2.05, 4.69) is 4.98 Å². The first kappa shape index (κ1) is 17.9. The van der Waals surface area contributed by atoms with Gasteiger partial charge in [0.05, 0.1) is 18.0 Å². The van der Waals surface area contributed by atoms with Gasteiger partial charge in [-0.3, -0.25) is 9.78 Å². The summed E-state index contributed by atoms with van der Waals surface area (Å²) in [5.41, 5.74) is 1.69. The van der Waals surface area contributed by atoms with Crippen LogP contribution in [0.4, 0.5) is 0 Å². The van der Waals surface area contributed by atoms with E-state index in [1.165, 1.54) is 0 Å². The maximum atomic E-state index is 12.5. The molecule has 0 aliphatic carbocycles. The normalized spacial score (nSPS) is 10.3. The molecule has 0 saturated heterocycles. The molecule has 0 unspecified atom stereocenters. The predicted octanol–water partition coefficient (Wildman–Crippen LogP) is 2.17. The van der Waals surface area contributed by atoms with Gasteiger partial charge < -0.3 is 21.9 Å². The van der Waals surface area contributed by atoms with Crippen molar-refractivity contribution in [3.8, 4) is 5.75 Å². The van der Waals surface area contributed by atoms with Crippen LogP contribution < -0.4 is 10.3 Å². The average Bonchev–Trinajstić information content (AvgIpc) is 2.55. The van der Waals surface area contributed by atoms with Crippen LogP contribution in [0.25, 0.3) is 10.9 Å². The van der Waals surface area contributed by atoms with E-state index in [1.807, 2.05) is 36.4 Å². The molecular formula is C17H15N2NaO2S-. The van der Waals surface area contributed by atoms with Gasteiger partial charge in [0, 0.05) is 36.1 Å². The molecule has 1 radical (unpaired) electrons. The van der Waals surface area contributed by atoms with Crippen LogP contribution in [0.2, 0.25) is 0 Å². The van der Waals surface area contributed by atoms with Crippen LogP contribution in [0.15, 0.2) is 58.5 Å². The van der Waals surface area contributed by atoms with Crippen molar-refractivity contribution < 1.29 is 4.74 Å². The molecule has 113 valence electrons. The van der Waals surface area contributed by atoms with Gasteiger partial charge in [-0.05, 0) is 41.4 Å². The molecule has 0 N–H and O–H groups in total. The fraction of sp³-hybridized carbons (Fsp3) is 0.176. The van der Waals surface area contributed by atoms with Crippen molar-refractivity contribution in [1.29, 1.82) is 0 Å². The Bertz CT molecular complexity index is 863. The second-order valence-corrected chi connectivity index (χ2v) is 5.33. The molecule has 6 heteroatoms. The van der Waals surface area contributed by atoms with Gasteiger partial charge >= 0.3 is 0 Å². The van der Waals surface area contributed by atoms with Crippen molar-refractivity contribution in [3.05, 3.63) is 64.4 Å². The Morgan fingerprint density at radius 2 is 1.83 bits per heavy atom. The van der Waals surface area contributed by atoms with Crippen molar-refractivity contribution in [2.24, 2.45) is 0 Å². The van der Waals surface area contributed by atoms with Crippen molar-refractivity contribution in [2.75, 3.05) is 7.11 Å². The van der Waals surface area contributed by atoms with Gasteiger partial charge in [-0.15, -0.1) is 0 Å². The number of methoxy groups -OCH3 is 1. The molecule has 1 aromatic heterocycles. The topological polar surface area (TPSA) is 44.1 Å². The standard InChI is InChI=1S/C17H16N2O2S.Na/c1-21-13-8-6-12(7-9-13)10-11-19-16(20)14-4-2-3-5-15(14)18-17(19)22;/h2-9H,10-11H2,1H3,(H,18,22);/p-1. The van der Waals surface area contributed by atoms with E-state index in [9.17, 15) is 4.79 Å². The van der Waals surface area contributed by atoms with Crippen molar-refractivity contribution in [3.63, 3.8) is 0 Å². The largest absolute Gasteiger partial charge is 0.742 e.